The van der Waals surface area contributed by atoms with E-state index in [0.29, 0.717) is 5.92 Å². The van der Waals surface area contributed by atoms with E-state index < -0.39 is 5.97 Å². The molecule has 4 nitrogen and oxygen atoms in total. The lowest BCUT2D eigenvalue weighted by molar-refractivity contribution is -0.129. The molecule has 0 spiro atoms. The van der Waals surface area contributed by atoms with Crippen LogP contribution in [-0.2, 0) is 4.79 Å². The monoisotopic (exact) mass is 214 g/mol. The maximum Gasteiger partial charge on any atom is 0.351 e. The SMILES string of the molecule is CCCCC(CC)CN/N=C(\C)C(=O)O. The Hall–Kier alpha value is -1.06. The number of hydrazone groups is 1. The van der Waals surface area contributed by atoms with Crippen molar-refractivity contribution in [1.29, 1.82) is 0 Å². The first kappa shape index (κ1) is 13.9. The van der Waals surface area contributed by atoms with Gasteiger partial charge < -0.3 is 10.5 Å². The maximum absolute atomic E-state index is 10.4. The Balaban J connectivity index is 3.80. The van der Waals surface area contributed by atoms with Gasteiger partial charge in [0.25, 0.3) is 0 Å². The van der Waals surface area contributed by atoms with Crippen molar-refractivity contribution in [2.45, 2.75) is 46.5 Å². The van der Waals surface area contributed by atoms with Crippen LogP contribution in [-0.4, -0.2) is 23.3 Å². The molecule has 0 saturated carbocycles. The van der Waals surface area contributed by atoms with Gasteiger partial charge >= 0.3 is 5.97 Å². The third-order valence-corrected chi connectivity index (χ3v) is 2.48. The Morgan fingerprint density at radius 1 is 1.47 bits per heavy atom. The lowest BCUT2D eigenvalue weighted by Crippen LogP contribution is -2.21. The fraction of sp³-hybridized carbons (Fsp3) is 0.818. The number of carboxylic acid groups (broad SMARTS) is 1. The summed E-state index contributed by atoms with van der Waals surface area (Å²) in [6.07, 6.45) is 4.71. The summed E-state index contributed by atoms with van der Waals surface area (Å²) in [5.74, 6) is -0.376. The summed E-state index contributed by atoms with van der Waals surface area (Å²) in [5.41, 5.74) is 2.94. The first-order chi connectivity index (χ1) is 7.11. The van der Waals surface area contributed by atoms with E-state index in [1.54, 1.807) is 0 Å². The molecule has 1 atom stereocenters. The highest BCUT2D eigenvalue weighted by molar-refractivity contribution is 6.34. The van der Waals surface area contributed by atoms with Gasteiger partial charge in [-0.2, -0.15) is 5.10 Å². The van der Waals surface area contributed by atoms with Crippen molar-refractivity contribution < 1.29 is 9.90 Å². The zero-order valence-corrected chi connectivity index (χ0v) is 9.92. The molecule has 0 aliphatic carbocycles. The average molecular weight is 214 g/mol. The molecule has 1 unspecified atom stereocenters. The molecule has 0 aliphatic heterocycles. The van der Waals surface area contributed by atoms with Crippen molar-refractivity contribution in [2.24, 2.45) is 11.0 Å². The molecule has 0 aromatic carbocycles. The van der Waals surface area contributed by atoms with Crippen LogP contribution in [0, 0.1) is 5.92 Å². The number of unbranched alkanes of at least 4 members (excludes halogenated alkanes) is 1. The van der Waals surface area contributed by atoms with Crippen molar-refractivity contribution in [3.63, 3.8) is 0 Å². The van der Waals surface area contributed by atoms with E-state index in [9.17, 15) is 4.79 Å². The average Bonchev–Trinajstić information content (AvgIpc) is 2.22. The minimum absolute atomic E-state index is 0.111. The lowest BCUT2D eigenvalue weighted by Gasteiger charge is -2.13. The summed E-state index contributed by atoms with van der Waals surface area (Å²) in [6.45, 7) is 6.58. The maximum atomic E-state index is 10.4. The van der Waals surface area contributed by atoms with Crippen molar-refractivity contribution in [1.82, 2.24) is 5.43 Å². The Bertz CT molecular complexity index is 215. The molecule has 0 heterocycles. The van der Waals surface area contributed by atoms with E-state index >= 15 is 0 Å². The van der Waals surface area contributed by atoms with Crippen molar-refractivity contribution >= 4 is 11.7 Å². The third-order valence-electron chi connectivity index (χ3n) is 2.48. The summed E-state index contributed by atoms with van der Waals surface area (Å²) in [6, 6.07) is 0. The molecule has 2 N–H and O–H groups in total. The van der Waals surface area contributed by atoms with Crippen molar-refractivity contribution in [3.8, 4) is 0 Å². The van der Waals surface area contributed by atoms with E-state index in [1.165, 1.54) is 26.2 Å². The van der Waals surface area contributed by atoms with Crippen LogP contribution in [0.1, 0.15) is 46.5 Å². The van der Waals surface area contributed by atoms with Crippen molar-refractivity contribution in [3.05, 3.63) is 0 Å². The number of nitrogens with one attached hydrogen (secondary N) is 1. The Morgan fingerprint density at radius 2 is 2.13 bits per heavy atom. The molecule has 88 valence electrons. The van der Waals surface area contributed by atoms with Crippen LogP contribution in [0.15, 0.2) is 5.10 Å². The molecular weight excluding hydrogens is 192 g/mol. The molecule has 4 heteroatoms. The van der Waals surface area contributed by atoms with Gasteiger partial charge in [-0.05, 0) is 19.3 Å². The van der Waals surface area contributed by atoms with E-state index in [0.717, 1.165) is 13.0 Å². The van der Waals surface area contributed by atoms with Crippen LogP contribution >= 0.6 is 0 Å². The number of rotatable bonds is 8. The smallest absolute Gasteiger partial charge is 0.351 e. The Kier molecular flexibility index (Phi) is 7.68. The van der Waals surface area contributed by atoms with Crippen LogP contribution in [0.2, 0.25) is 0 Å². The fourth-order valence-corrected chi connectivity index (χ4v) is 1.28. The van der Waals surface area contributed by atoms with Gasteiger partial charge in [-0.25, -0.2) is 4.79 Å². The molecule has 0 aromatic heterocycles. The number of carbonyl (C=O) groups is 1. The van der Waals surface area contributed by atoms with Crippen LogP contribution in [0.25, 0.3) is 0 Å². The van der Waals surface area contributed by atoms with Crippen molar-refractivity contribution in [2.75, 3.05) is 6.54 Å². The first-order valence-corrected chi connectivity index (χ1v) is 5.62. The Morgan fingerprint density at radius 3 is 2.60 bits per heavy atom. The number of carboxylic acids is 1. The second-order valence-electron chi connectivity index (χ2n) is 3.78. The molecule has 15 heavy (non-hydrogen) atoms. The molecular formula is C11H22N2O2. The van der Waals surface area contributed by atoms with Gasteiger partial charge in [0.2, 0.25) is 0 Å². The summed E-state index contributed by atoms with van der Waals surface area (Å²) in [5, 5.41) is 12.4. The van der Waals surface area contributed by atoms with Crippen LogP contribution < -0.4 is 5.43 Å². The summed E-state index contributed by atoms with van der Waals surface area (Å²) < 4.78 is 0. The Labute approximate surface area is 91.8 Å². The van der Waals surface area contributed by atoms with E-state index in [2.05, 4.69) is 24.4 Å². The standard InChI is InChI=1S/C11H22N2O2/c1-4-6-7-10(5-2)8-12-13-9(3)11(14)15/h10,12H,4-8H2,1-3H3,(H,14,15)/b13-9+. The molecule has 0 rings (SSSR count). The zero-order chi connectivity index (χ0) is 11.7. The summed E-state index contributed by atoms with van der Waals surface area (Å²) in [7, 11) is 0. The molecule has 0 saturated heterocycles. The molecule has 0 amide bonds. The minimum atomic E-state index is -0.968. The largest absolute Gasteiger partial charge is 0.477 e. The summed E-state index contributed by atoms with van der Waals surface area (Å²) >= 11 is 0. The topological polar surface area (TPSA) is 61.7 Å². The predicted octanol–water partition coefficient (Wildman–Crippen LogP) is 2.25. The second-order valence-corrected chi connectivity index (χ2v) is 3.78. The molecule has 0 aliphatic rings. The first-order valence-electron chi connectivity index (χ1n) is 5.62. The van der Waals surface area contributed by atoms with E-state index in [4.69, 9.17) is 5.11 Å². The third kappa shape index (κ3) is 6.94. The molecule has 0 aromatic rings. The number of aliphatic carboxylic acids is 1. The lowest BCUT2D eigenvalue weighted by atomic mass is 10.00. The van der Waals surface area contributed by atoms with Gasteiger partial charge in [-0.15, -0.1) is 0 Å². The van der Waals surface area contributed by atoms with Gasteiger partial charge in [0.15, 0.2) is 0 Å². The van der Waals surface area contributed by atoms with Gasteiger partial charge in [0.1, 0.15) is 5.71 Å². The second kappa shape index (κ2) is 8.26. The van der Waals surface area contributed by atoms with E-state index in [-0.39, 0.29) is 5.71 Å². The minimum Gasteiger partial charge on any atom is -0.477 e. The van der Waals surface area contributed by atoms with Gasteiger partial charge in [-0.1, -0.05) is 33.1 Å². The summed E-state index contributed by atoms with van der Waals surface area (Å²) in [4.78, 5) is 10.4. The normalized spacial score (nSPS) is 13.7. The molecule has 0 fully saturated rings. The van der Waals surface area contributed by atoms with Gasteiger partial charge in [0, 0.05) is 6.54 Å². The van der Waals surface area contributed by atoms with Crippen LogP contribution in [0.3, 0.4) is 0 Å². The zero-order valence-electron chi connectivity index (χ0n) is 9.92. The van der Waals surface area contributed by atoms with Crippen LogP contribution in [0.4, 0.5) is 0 Å². The van der Waals surface area contributed by atoms with Gasteiger partial charge in [0.05, 0.1) is 0 Å². The highest BCUT2D eigenvalue weighted by Crippen LogP contribution is 2.10. The number of hydrogen-bond donors (Lipinski definition) is 2. The fourth-order valence-electron chi connectivity index (χ4n) is 1.28. The quantitative estimate of drug-likeness (QED) is 0.481. The highest BCUT2D eigenvalue weighted by Gasteiger charge is 2.05. The number of nitrogens with zero attached hydrogens (tertiary/aromatic N) is 1. The van der Waals surface area contributed by atoms with Crippen LogP contribution in [0.5, 0.6) is 0 Å². The molecule has 0 bridgehead atoms. The number of hydrogen-bond acceptors (Lipinski definition) is 3. The van der Waals surface area contributed by atoms with E-state index in [1.807, 2.05) is 0 Å². The molecule has 0 radical (unpaired) electrons. The highest BCUT2D eigenvalue weighted by atomic mass is 16.4. The predicted molar refractivity (Wildman–Crippen MR) is 62.1 cm³/mol. The van der Waals surface area contributed by atoms with Gasteiger partial charge in [-0.3, -0.25) is 0 Å².